The van der Waals surface area contributed by atoms with Crippen LogP contribution in [-0.2, 0) is 14.3 Å². The van der Waals surface area contributed by atoms with Crippen LogP contribution in [0.5, 0.6) is 0 Å². The summed E-state index contributed by atoms with van der Waals surface area (Å²) in [5.41, 5.74) is 0. The molecule has 47 heavy (non-hydrogen) atoms. The maximum absolute atomic E-state index is 12.9. The molecule has 272 valence electrons. The number of carbonyl (C=O) groups is 1. The van der Waals surface area contributed by atoms with Crippen LogP contribution in [0.2, 0.25) is 0 Å². The first-order chi connectivity index (χ1) is 22.8. The Hall–Kier alpha value is -1.89. The SMILES string of the molecule is CCCC/C=C\CCCCCCC(O)C(=O)NC(COC1OC(CO)C(O)C(O)C1O)C(O)/C=C/CC/C=C/CC/C=C/CCCC. The minimum absolute atomic E-state index is 0.283. The summed E-state index contributed by atoms with van der Waals surface area (Å²) < 4.78 is 11.0. The van der Waals surface area contributed by atoms with Crippen LogP contribution in [0.25, 0.3) is 0 Å². The topological polar surface area (TPSA) is 169 Å². The molecule has 0 spiro atoms. The van der Waals surface area contributed by atoms with Crippen molar-refractivity contribution < 1.29 is 44.9 Å². The van der Waals surface area contributed by atoms with Gasteiger partial charge in [0.05, 0.1) is 25.4 Å². The first-order valence-electron chi connectivity index (χ1n) is 18.0. The smallest absolute Gasteiger partial charge is 0.249 e. The normalized spacial score (nSPS) is 24.1. The third-order valence-corrected chi connectivity index (χ3v) is 8.21. The molecule has 0 aliphatic carbocycles. The van der Waals surface area contributed by atoms with E-state index in [1.165, 1.54) is 25.7 Å². The highest BCUT2D eigenvalue weighted by atomic mass is 16.7. The average Bonchev–Trinajstić information content (AvgIpc) is 3.07. The quantitative estimate of drug-likeness (QED) is 0.0492. The number of amides is 1. The van der Waals surface area contributed by atoms with Gasteiger partial charge in [-0.05, 0) is 57.8 Å². The Morgan fingerprint density at radius 3 is 1.83 bits per heavy atom. The molecule has 0 aromatic carbocycles. The zero-order valence-corrected chi connectivity index (χ0v) is 28.9. The monoisotopic (exact) mass is 667 g/mol. The van der Waals surface area contributed by atoms with E-state index in [9.17, 15) is 35.4 Å². The summed E-state index contributed by atoms with van der Waals surface area (Å²) in [5.74, 6) is -0.648. The zero-order chi connectivity index (χ0) is 34.7. The van der Waals surface area contributed by atoms with E-state index in [0.717, 1.165) is 57.8 Å². The first kappa shape index (κ1) is 43.1. The molecule has 0 bridgehead atoms. The van der Waals surface area contributed by atoms with Crippen molar-refractivity contribution in [2.24, 2.45) is 0 Å². The van der Waals surface area contributed by atoms with Crippen molar-refractivity contribution in [2.45, 2.75) is 166 Å². The van der Waals surface area contributed by atoms with Gasteiger partial charge in [-0.3, -0.25) is 4.79 Å². The summed E-state index contributed by atoms with van der Waals surface area (Å²) in [6.45, 7) is 3.42. The maximum Gasteiger partial charge on any atom is 0.249 e. The van der Waals surface area contributed by atoms with Crippen LogP contribution in [0.1, 0.15) is 117 Å². The molecule has 1 rings (SSSR count). The Bertz CT molecular complexity index is 891. The van der Waals surface area contributed by atoms with Gasteiger partial charge in [-0.15, -0.1) is 0 Å². The molecule has 1 aliphatic heterocycles. The Morgan fingerprint density at radius 2 is 1.26 bits per heavy atom. The standard InChI is InChI=1S/C37H65NO9/c1-3-5-7-9-11-13-15-16-18-19-21-23-25-30(40)29(28-46-37-35(44)34(43)33(42)32(27-39)47-37)38-36(45)31(41)26-24-22-20-17-14-12-10-8-6-4-2/h9-12,16,18,23,25,29-35,37,39-44H,3-8,13-15,17,19-22,24,26-28H2,1-2H3,(H,38,45)/b11-9+,12-10-,18-16+,25-23+. The van der Waals surface area contributed by atoms with Crippen molar-refractivity contribution in [3.8, 4) is 0 Å². The van der Waals surface area contributed by atoms with E-state index in [4.69, 9.17) is 9.47 Å². The minimum atomic E-state index is -1.62. The second-order valence-electron chi connectivity index (χ2n) is 12.4. The number of allylic oxidation sites excluding steroid dienone is 7. The summed E-state index contributed by atoms with van der Waals surface area (Å²) in [7, 11) is 0. The van der Waals surface area contributed by atoms with Crippen molar-refractivity contribution >= 4 is 5.91 Å². The van der Waals surface area contributed by atoms with Gasteiger partial charge < -0.3 is 45.4 Å². The lowest BCUT2D eigenvalue weighted by Crippen LogP contribution is -2.60. The van der Waals surface area contributed by atoms with Crippen LogP contribution in [0, 0.1) is 0 Å². The van der Waals surface area contributed by atoms with Crippen LogP contribution >= 0.6 is 0 Å². The number of hydrogen-bond acceptors (Lipinski definition) is 9. The number of hydrogen-bond donors (Lipinski definition) is 7. The Kier molecular flexibility index (Phi) is 25.7. The van der Waals surface area contributed by atoms with Gasteiger partial charge in [-0.2, -0.15) is 0 Å². The van der Waals surface area contributed by atoms with Gasteiger partial charge in [0, 0.05) is 0 Å². The highest BCUT2D eigenvalue weighted by Gasteiger charge is 2.44. The van der Waals surface area contributed by atoms with Crippen LogP contribution < -0.4 is 5.32 Å². The van der Waals surface area contributed by atoms with Crippen molar-refractivity contribution in [1.82, 2.24) is 5.32 Å². The Morgan fingerprint density at radius 1 is 0.723 bits per heavy atom. The van der Waals surface area contributed by atoms with Gasteiger partial charge in [0.2, 0.25) is 5.91 Å². The van der Waals surface area contributed by atoms with Crippen molar-refractivity contribution in [3.05, 3.63) is 48.6 Å². The van der Waals surface area contributed by atoms with E-state index in [0.29, 0.717) is 12.8 Å². The number of aliphatic hydroxyl groups is 6. The van der Waals surface area contributed by atoms with Crippen LogP contribution in [0.3, 0.4) is 0 Å². The molecule has 10 nitrogen and oxygen atoms in total. The second kappa shape index (κ2) is 28.0. The lowest BCUT2D eigenvalue weighted by atomic mass is 9.99. The van der Waals surface area contributed by atoms with Gasteiger partial charge >= 0.3 is 0 Å². The fourth-order valence-corrected chi connectivity index (χ4v) is 5.10. The van der Waals surface area contributed by atoms with Crippen molar-refractivity contribution in [3.63, 3.8) is 0 Å². The number of carbonyl (C=O) groups excluding carboxylic acids is 1. The highest BCUT2D eigenvalue weighted by Crippen LogP contribution is 2.22. The van der Waals surface area contributed by atoms with Gasteiger partial charge in [0.1, 0.15) is 30.5 Å². The summed E-state index contributed by atoms with van der Waals surface area (Å²) in [6, 6.07) is -1.00. The van der Waals surface area contributed by atoms with Crippen molar-refractivity contribution in [2.75, 3.05) is 13.2 Å². The number of unbranched alkanes of at least 4 members (excludes halogenated alkanes) is 10. The minimum Gasteiger partial charge on any atom is -0.394 e. The summed E-state index contributed by atoms with van der Waals surface area (Å²) in [6.07, 6.45) is 22.2. The van der Waals surface area contributed by atoms with Gasteiger partial charge in [0.15, 0.2) is 6.29 Å². The van der Waals surface area contributed by atoms with Crippen molar-refractivity contribution in [1.29, 1.82) is 0 Å². The van der Waals surface area contributed by atoms with Crippen LogP contribution in [0.15, 0.2) is 48.6 Å². The van der Waals surface area contributed by atoms with E-state index < -0.39 is 61.5 Å². The summed E-state index contributed by atoms with van der Waals surface area (Å²) in [5, 5.41) is 64.0. The van der Waals surface area contributed by atoms with Gasteiger partial charge in [-0.25, -0.2) is 0 Å². The summed E-state index contributed by atoms with van der Waals surface area (Å²) in [4.78, 5) is 12.9. The lowest BCUT2D eigenvalue weighted by Gasteiger charge is -2.40. The fourth-order valence-electron chi connectivity index (χ4n) is 5.10. The molecule has 1 saturated heterocycles. The number of nitrogens with one attached hydrogen (secondary N) is 1. The molecular weight excluding hydrogens is 602 g/mol. The molecule has 1 aliphatic rings. The molecule has 0 radical (unpaired) electrons. The molecule has 0 saturated carbocycles. The van der Waals surface area contributed by atoms with E-state index in [2.05, 4.69) is 55.6 Å². The molecule has 8 unspecified atom stereocenters. The highest BCUT2D eigenvalue weighted by molar-refractivity contribution is 5.80. The molecule has 1 fully saturated rings. The van der Waals surface area contributed by atoms with Gasteiger partial charge in [0.25, 0.3) is 0 Å². The van der Waals surface area contributed by atoms with Crippen LogP contribution in [-0.4, -0.2) is 98.7 Å². The fraction of sp³-hybridized carbons (Fsp3) is 0.757. The van der Waals surface area contributed by atoms with E-state index in [-0.39, 0.29) is 13.0 Å². The molecule has 0 aromatic rings. The predicted octanol–water partition coefficient (Wildman–Crippen LogP) is 4.52. The summed E-state index contributed by atoms with van der Waals surface area (Å²) >= 11 is 0. The molecule has 1 amide bonds. The number of rotatable bonds is 27. The Labute approximate surface area is 283 Å². The lowest BCUT2D eigenvalue weighted by molar-refractivity contribution is -0.302. The third-order valence-electron chi connectivity index (χ3n) is 8.21. The zero-order valence-electron chi connectivity index (χ0n) is 28.9. The van der Waals surface area contributed by atoms with Crippen LogP contribution in [0.4, 0.5) is 0 Å². The van der Waals surface area contributed by atoms with E-state index in [1.54, 1.807) is 6.08 Å². The van der Waals surface area contributed by atoms with E-state index >= 15 is 0 Å². The molecule has 0 aromatic heterocycles. The molecule has 8 atom stereocenters. The van der Waals surface area contributed by atoms with E-state index in [1.807, 2.05) is 6.08 Å². The number of ether oxygens (including phenoxy) is 2. The predicted molar refractivity (Wildman–Crippen MR) is 185 cm³/mol. The largest absolute Gasteiger partial charge is 0.394 e. The maximum atomic E-state index is 12.9. The molecule has 1 heterocycles. The third kappa shape index (κ3) is 19.6. The first-order valence-corrected chi connectivity index (χ1v) is 18.0. The Balaban J connectivity index is 2.63. The molecule has 7 N–H and O–H groups in total. The number of aliphatic hydroxyl groups excluding tert-OH is 6. The van der Waals surface area contributed by atoms with Gasteiger partial charge in [-0.1, -0.05) is 107 Å². The second-order valence-corrected chi connectivity index (χ2v) is 12.4. The average molecular weight is 668 g/mol. The molecular formula is C37H65NO9. The molecule has 10 heteroatoms.